The van der Waals surface area contributed by atoms with Gasteiger partial charge in [0, 0.05) is 16.3 Å². The summed E-state index contributed by atoms with van der Waals surface area (Å²) in [5.74, 6) is -0.526. The number of para-hydroxylation sites is 2. The second-order valence-electron chi connectivity index (χ2n) is 7.17. The zero-order valence-electron chi connectivity index (χ0n) is 17.0. The average molecular weight is 497 g/mol. The van der Waals surface area contributed by atoms with Crippen molar-refractivity contribution in [1.29, 1.82) is 0 Å². The summed E-state index contributed by atoms with van der Waals surface area (Å²) in [7, 11) is -4.05. The molecule has 3 aromatic rings. The highest BCUT2D eigenvalue weighted by molar-refractivity contribution is 7.99. The van der Waals surface area contributed by atoms with Crippen molar-refractivity contribution in [2.45, 2.75) is 27.2 Å². The van der Waals surface area contributed by atoms with Crippen molar-refractivity contribution in [3.05, 3.63) is 72.8 Å². The van der Waals surface area contributed by atoms with E-state index < -0.39 is 28.2 Å². The Morgan fingerprint density at radius 1 is 0.939 bits per heavy atom. The number of alkyl halides is 3. The van der Waals surface area contributed by atoms with E-state index in [1.807, 2.05) is 53.4 Å². The number of hydrogen-bond acceptors (Lipinski definition) is 6. The van der Waals surface area contributed by atoms with Gasteiger partial charge >= 0.3 is 6.36 Å². The minimum absolute atomic E-state index is 0.134. The van der Waals surface area contributed by atoms with E-state index in [0.717, 1.165) is 45.4 Å². The fraction of sp³-hybridized carbons (Fsp3) is 0.182. The van der Waals surface area contributed by atoms with Crippen LogP contribution in [-0.2, 0) is 10.0 Å². The van der Waals surface area contributed by atoms with E-state index in [-0.39, 0.29) is 18.0 Å². The van der Waals surface area contributed by atoms with E-state index in [1.54, 1.807) is 11.8 Å². The topological polar surface area (TPSA) is 78.9 Å². The Balaban J connectivity index is 1.44. The molecule has 1 atom stereocenters. The first-order chi connectivity index (χ1) is 15.6. The molecular formula is C22H19F3N2O4S2. The van der Waals surface area contributed by atoms with Crippen LogP contribution in [0.15, 0.2) is 87.5 Å². The van der Waals surface area contributed by atoms with E-state index >= 15 is 0 Å². The lowest BCUT2D eigenvalue weighted by Gasteiger charge is -2.34. The van der Waals surface area contributed by atoms with Crippen LogP contribution in [0.1, 0.15) is 0 Å². The molecule has 0 fully saturated rings. The predicted octanol–water partition coefficient (Wildman–Crippen LogP) is 4.53. The van der Waals surface area contributed by atoms with Gasteiger partial charge in [-0.05, 0) is 48.5 Å². The molecule has 3 aromatic carbocycles. The third kappa shape index (κ3) is 5.61. The van der Waals surface area contributed by atoms with Crippen LogP contribution in [0.2, 0.25) is 0 Å². The Morgan fingerprint density at radius 3 is 2.03 bits per heavy atom. The predicted molar refractivity (Wildman–Crippen MR) is 118 cm³/mol. The number of fused-ring (bicyclic) bond motifs is 2. The normalized spacial score (nSPS) is 14.4. The van der Waals surface area contributed by atoms with Gasteiger partial charge in [-0.1, -0.05) is 36.0 Å². The van der Waals surface area contributed by atoms with Gasteiger partial charge in [0.05, 0.1) is 28.9 Å². The fourth-order valence-corrected chi connectivity index (χ4v) is 5.53. The summed E-state index contributed by atoms with van der Waals surface area (Å²) in [6, 6.07) is 19.3. The molecule has 0 saturated carbocycles. The summed E-state index contributed by atoms with van der Waals surface area (Å²) in [5.41, 5.74) is 1.81. The number of β-amino-alcohol motifs (C(OH)–C–C–N with tert-alkyl or cyclic N) is 1. The van der Waals surface area contributed by atoms with E-state index in [2.05, 4.69) is 9.46 Å². The molecule has 1 unspecified atom stereocenters. The molecule has 11 heteroatoms. The number of nitrogens with one attached hydrogen (secondary N) is 1. The van der Waals surface area contributed by atoms with Crippen molar-refractivity contribution in [3.63, 3.8) is 0 Å². The van der Waals surface area contributed by atoms with Gasteiger partial charge in [-0.25, -0.2) is 13.1 Å². The van der Waals surface area contributed by atoms with Gasteiger partial charge in [0.2, 0.25) is 10.0 Å². The molecule has 1 aliphatic rings. The lowest BCUT2D eigenvalue weighted by atomic mass is 10.2. The van der Waals surface area contributed by atoms with Crippen LogP contribution >= 0.6 is 11.8 Å². The molecule has 0 saturated heterocycles. The summed E-state index contributed by atoms with van der Waals surface area (Å²) >= 11 is 1.62. The van der Waals surface area contributed by atoms with Crippen molar-refractivity contribution in [2.75, 3.05) is 18.0 Å². The molecule has 0 aliphatic carbocycles. The minimum atomic E-state index is -4.87. The Labute approximate surface area is 193 Å². The molecule has 6 nitrogen and oxygen atoms in total. The summed E-state index contributed by atoms with van der Waals surface area (Å²) in [4.78, 5) is 3.73. The van der Waals surface area contributed by atoms with Crippen molar-refractivity contribution >= 4 is 33.2 Å². The standard InChI is InChI=1S/C22H19F3N2O4S2/c23-22(24,25)31-16-9-11-17(12-10-16)33(29,30)26-13-15(28)14-27-18-5-1-3-7-20(18)32-21-8-4-2-6-19(21)27/h1-12,15,26,28H,13-14H2. The molecule has 1 aliphatic heterocycles. The molecule has 0 radical (unpaired) electrons. The number of anilines is 2. The van der Waals surface area contributed by atoms with Crippen LogP contribution in [0.3, 0.4) is 0 Å². The smallest absolute Gasteiger partial charge is 0.406 e. The van der Waals surface area contributed by atoms with E-state index in [0.29, 0.717) is 0 Å². The van der Waals surface area contributed by atoms with E-state index in [1.165, 1.54) is 0 Å². The van der Waals surface area contributed by atoms with Gasteiger partial charge in [-0.3, -0.25) is 0 Å². The summed E-state index contributed by atoms with van der Waals surface area (Å²) in [6.07, 6.45) is -5.93. The maximum Gasteiger partial charge on any atom is 0.573 e. The van der Waals surface area contributed by atoms with Gasteiger partial charge in [0.15, 0.2) is 0 Å². The van der Waals surface area contributed by atoms with Crippen LogP contribution in [0.4, 0.5) is 24.5 Å². The third-order valence-corrected chi connectivity index (χ3v) is 7.37. The highest BCUT2D eigenvalue weighted by Crippen LogP contribution is 2.47. The van der Waals surface area contributed by atoms with Crippen LogP contribution in [-0.4, -0.2) is 39.1 Å². The molecule has 2 N–H and O–H groups in total. The molecule has 174 valence electrons. The fourth-order valence-electron chi connectivity index (χ4n) is 3.36. The number of hydrogen-bond donors (Lipinski definition) is 2. The first kappa shape index (κ1) is 23.4. The maximum absolute atomic E-state index is 12.5. The van der Waals surface area contributed by atoms with Crippen LogP contribution in [0, 0.1) is 0 Å². The first-order valence-electron chi connectivity index (χ1n) is 9.79. The summed E-state index contributed by atoms with van der Waals surface area (Å²) in [5, 5.41) is 10.6. The van der Waals surface area contributed by atoms with Gasteiger partial charge in [-0.2, -0.15) is 0 Å². The number of halogens is 3. The lowest BCUT2D eigenvalue weighted by molar-refractivity contribution is -0.274. The van der Waals surface area contributed by atoms with Crippen molar-refractivity contribution < 1.29 is 31.4 Å². The second kappa shape index (κ2) is 9.26. The third-order valence-electron chi connectivity index (χ3n) is 4.80. The highest BCUT2D eigenvalue weighted by Gasteiger charge is 2.31. The molecule has 0 amide bonds. The van der Waals surface area contributed by atoms with E-state index in [9.17, 15) is 26.7 Å². The zero-order chi connectivity index (χ0) is 23.6. The molecular weight excluding hydrogens is 477 g/mol. The molecule has 0 aromatic heterocycles. The minimum Gasteiger partial charge on any atom is -0.406 e. The van der Waals surface area contributed by atoms with Crippen LogP contribution < -0.4 is 14.4 Å². The Kier molecular flexibility index (Phi) is 6.57. The maximum atomic E-state index is 12.5. The Morgan fingerprint density at radius 2 is 1.48 bits per heavy atom. The monoisotopic (exact) mass is 496 g/mol. The Bertz CT molecular complexity index is 1190. The van der Waals surface area contributed by atoms with Crippen molar-refractivity contribution in [3.8, 4) is 5.75 Å². The average Bonchev–Trinajstić information content (AvgIpc) is 2.77. The van der Waals surface area contributed by atoms with Gasteiger partial charge in [0.1, 0.15) is 5.75 Å². The van der Waals surface area contributed by atoms with Gasteiger partial charge in [0.25, 0.3) is 0 Å². The number of rotatable bonds is 7. The molecule has 4 rings (SSSR count). The number of nitrogens with zero attached hydrogens (tertiary/aromatic N) is 1. The van der Waals surface area contributed by atoms with Crippen LogP contribution in [0.25, 0.3) is 0 Å². The van der Waals surface area contributed by atoms with Crippen molar-refractivity contribution in [1.82, 2.24) is 4.72 Å². The van der Waals surface area contributed by atoms with E-state index in [4.69, 9.17) is 0 Å². The first-order valence-corrected chi connectivity index (χ1v) is 12.1. The number of sulfonamides is 1. The largest absolute Gasteiger partial charge is 0.573 e. The van der Waals surface area contributed by atoms with Crippen molar-refractivity contribution in [2.24, 2.45) is 0 Å². The van der Waals surface area contributed by atoms with Crippen LogP contribution in [0.5, 0.6) is 5.75 Å². The number of benzene rings is 3. The molecule has 0 spiro atoms. The highest BCUT2D eigenvalue weighted by atomic mass is 32.2. The number of ether oxygens (including phenoxy) is 1. The molecule has 1 heterocycles. The number of aliphatic hydroxyl groups excluding tert-OH is 1. The SMILES string of the molecule is O=S(=O)(NCC(O)CN1c2ccccc2Sc2ccccc21)c1ccc(OC(F)(F)F)cc1. The molecule has 0 bridgehead atoms. The van der Waals surface area contributed by atoms with Gasteiger partial charge in [-0.15, -0.1) is 13.2 Å². The molecule has 33 heavy (non-hydrogen) atoms. The van der Waals surface area contributed by atoms with Gasteiger partial charge < -0.3 is 14.7 Å². The summed E-state index contributed by atoms with van der Waals surface area (Å²) in [6.45, 7) is -0.146. The lowest BCUT2D eigenvalue weighted by Crippen LogP contribution is -2.39. The zero-order valence-corrected chi connectivity index (χ0v) is 18.6. The second-order valence-corrected chi connectivity index (χ2v) is 10.0. The quantitative estimate of drug-likeness (QED) is 0.501. The Hall–Kier alpha value is -2.73. The number of aliphatic hydroxyl groups is 1. The summed E-state index contributed by atoms with van der Waals surface area (Å²) < 4.78 is 67.9.